The van der Waals surface area contributed by atoms with E-state index in [0.29, 0.717) is 5.56 Å². The van der Waals surface area contributed by atoms with E-state index in [-0.39, 0.29) is 29.3 Å². The van der Waals surface area contributed by atoms with Crippen LogP contribution in [-0.2, 0) is 13.0 Å². The monoisotopic (exact) mass is 504 g/mol. The molecular weight excluding hydrogens is 475 g/mol. The molecule has 0 bridgehead atoms. The summed E-state index contributed by atoms with van der Waals surface area (Å²) >= 11 is 0. The van der Waals surface area contributed by atoms with E-state index in [4.69, 9.17) is 9.47 Å². The quantitative estimate of drug-likeness (QED) is 0.181. The molecule has 0 spiro atoms. The van der Waals surface area contributed by atoms with E-state index in [1.165, 1.54) is 31.2 Å². The summed E-state index contributed by atoms with van der Waals surface area (Å²) in [6.07, 6.45) is 5.98. The average Bonchev–Trinajstić information content (AvgIpc) is 2.86. The maximum Gasteiger partial charge on any atom is 0.201 e. The predicted molar refractivity (Wildman–Crippen MR) is 131 cm³/mol. The van der Waals surface area contributed by atoms with Gasteiger partial charge in [0.05, 0.1) is 12.4 Å². The van der Waals surface area contributed by atoms with Gasteiger partial charge >= 0.3 is 0 Å². The Morgan fingerprint density at radius 3 is 2.11 bits per heavy atom. The molecule has 0 saturated heterocycles. The molecule has 0 atom stereocenters. The van der Waals surface area contributed by atoms with Crippen molar-refractivity contribution in [1.29, 1.82) is 0 Å². The molecule has 0 heterocycles. The third-order valence-electron chi connectivity index (χ3n) is 5.72. The first-order chi connectivity index (χ1) is 17.3. The van der Waals surface area contributed by atoms with Crippen LogP contribution in [-0.4, -0.2) is 6.61 Å². The van der Waals surface area contributed by atoms with Crippen molar-refractivity contribution in [3.63, 3.8) is 0 Å². The summed E-state index contributed by atoms with van der Waals surface area (Å²) in [5.74, 6) is -5.41. The fourth-order valence-electron chi connectivity index (χ4n) is 3.77. The SMILES string of the molecule is CCOc1ccc(COc2ccc(-c3ccc(CCCCC/C=C(\C)F)cc3)c(F)c2F)c(F)c1F. The van der Waals surface area contributed by atoms with Crippen LogP contribution in [0, 0.1) is 23.3 Å². The van der Waals surface area contributed by atoms with Crippen molar-refractivity contribution < 1.29 is 31.4 Å². The summed E-state index contributed by atoms with van der Waals surface area (Å²) < 4.78 is 80.6. The Morgan fingerprint density at radius 1 is 0.750 bits per heavy atom. The highest BCUT2D eigenvalue weighted by Gasteiger charge is 2.18. The highest BCUT2D eigenvalue weighted by atomic mass is 19.2. The van der Waals surface area contributed by atoms with Crippen LogP contribution in [0.4, 0.5) is 22.0 Å². The number of ether oxygens (including phenoxy) is 2. The van der Waals surface area contributed by atoms with Crippen LogP contribution in [0.15, 0.2) is 60.4 Å². The molecule has 0 fully saturated rings. The number of rotatable bonds is 12. The fourth-order valence-corrected chi connectivity index (χ4v) is 3.77. The third-order valence-corrected chi connectivity index (χ3v) is 5.72. The maximum atomic E-state index is 14.8. The molecule has 0 radical (unpaired) electrons. The zero-order valence-electron chi connectivity index (χ0n) is 20.4. The largest absolute Gasteiger partial charge is 0.491 e. The number of benzene rings is 3. The minimum absolute atomic E-state index is 0.0677. The number of aryl methyl sites for hydroxylation is 1. The molecule has 0 aliphatic rings. The van der Waals surface area contributed by atoms with Crippen molar-refractivity contribution in [2.45, 2.75) is 52.6 Å². The van der Waals surface area contributed by atoms with E-state index in [0.717, 1.165) is 37.7 Å². The summed E-state index contributed by atoms with van der Waals surface area (Å²) in [5, 5.41) is 0. The molecule has 36 heavy (non-hydrogen) atoms. The zero-order chi connectivity index (χ0) is 26.1. The van der Waals surface area contributed by atoms with E-state index in [9.17, 15) is 22.0 Å². The van der Waals surface area contributed by atoms with E-state index < -0.39 is 35.6 Å². The number of unbranched alkanes of at least 4 members (excludes halogenated alkanes) is 3. The van der Waals surface area contributed by atoms with Crippen LogP contribution < -0.4 is 9.47 Å². The van der Waals surface area contributed by atoms with Gasteiger partial charge < -0.3 is 9.47 Å². The van der Waals surface area contributed by atoms with Gasteiger partial charge in [0.15, 0.2) is 23.1 Å². The molecule has 0 amide bonds. The predicted octanol–water partition coefficient (Wildman–Crippen LogP) is 8.86. The third kappa shape index (κ3) is 7.09. The molecule has 7 heteroatoms. The molecule has 0 aliphatic carbocycles. The summed E-state index contributed by atoms with van der Waals surface area (Å²) in [6, 6.07) is 12.4. The maximum absolute atomic E-state index is 14.8. The molecular formula is C29H29F5O2. The molecule has 2 nitrogen and oxygen atoms in total. The molecule has 3 rings (SSSR count). The van der Waals surface area contributed by atoms with Gasteiger partial charge in [0.1, 0.15) is 6.61 Å². The minimum atomic E-state index is -1.21. The number of halogens is 5. The molecule has 0 unspecified atom stereocenters. The van der Waals surface area contributed by atoms with Gasteiger partial charge in [-0.05, 0) is 74.9 Å². The van der Waals surface area contributed by atoms with Crippen molar-refractivity contribution in [1.82, 2.24) is 0 Å². The topological polar surface area (TPSA) is 18.5 Å². The summed E-state index contributed by atoms with van der Waals surface area (Å²) in [6.45, 7) is 2.77. The van der Waals surface area contributed by atoms with Crippen LogP contribution in [0.1, 0.15) is 50.7 Å². The lowest BCUT2D eigenvalue weighted by molar-refractivity contribution is 0.274. The fraction of sp³-hybridized carbons (Fsp3) is 0.310. The van der Waals surface area contributed by atoms with Gasteiger partial charge in [-0.1, -0.05) is 36.8 Å². The molecule has 3 aromatic carbocycles. The van der Waals surface area contributed by atoms with Gasteiger partial charge in [-0.15, -0.1) is 0 Å². The Bertz CT molecular complexity index is 1190. The second kappa shape index (κ2) is 13.1. The first-order valence-electron chi connectivity index (χ1n) is 11.9. The second-order valence-electron chi connectivity index (χ2n) is 8.40. The van der Waals surface area contributed by atoms with Gasteiger partial charge in [-0.2, -0.15) is 8.78 Å². The molecule has 192 valence electrons. The van der Waals surface area contributed by atoms with Crippen molar-refractivity contribution in [2.75, 3.05) is 6.61 Å². The summed E-state index contributed by atoms with van der Waals surface area (Å²) in [5.41, 5.74) is 1.49. The second-order valence-corrected chi connectivity index (χ2v) is 8.40. The van der Waals surface area contributed by atoms with E-state index in [2.05, 4.69) is 0 Å². The van der Waals surface area contributed by atoms with Crippen molar-refractivity contribution in [2.24, 2.45) is 0 Å². The zero-order valence-corrected chi connectivity index (χ0v) is 20.4. The van der Waals surface area contributed by atoms with Gasteiger partial charge in [0, 0.05) is 11.1 Å². The molecule has 0 aromatic heterocycles. The van der Waals surface area contributed by atoms with Gasteiger partial charge in [0.2, 0.25) is 11.6 Å². The van der Waals surface area contributed by atoms with Crippen molar-refractivity contribution >= 4 is 0 Å². The first kappa shape index (κ1) is 27.2. The molecule has 3 aromatic rings. The van der Waals surface area contributed by atoms with Crippen LogP contribution in [0.2, 0.25) is 0 Å². The first-order valence-corrected chi connectivity index (χ1v) is 11.9. The van der Waals surface area contributed by atoms with Crippen LogP contribution in [0.25, 0.3) is 11.1 Å². The van der Waals surface area contributed by atoms with E-state index >= 15 is 0 Å². The standard InChI is InChI=1S/C29H29F5O2/c1-3-35-24-16-14-22(26(31)28(24)33)18-36-25-17-15-23(27(32)29(25)34)21-12-10-20(11-13-21)9-7-5-4-6-8-19(2)30/h8,10-17H,3-7,9,18H2,1-2H3/b19-8+. The Morgan fingerprint density at radius 2 is 1.42 bits per heavy atom. The number of hydrogen-bond donors (Lipinski definition) is 0. The Kier molecular flexibility index (Phi) is 9.91. The van der Waals surface area contributed by atoms with Crippen LogP contribution in [0.3, 0.4) is 0 Å². The lowest BCUT2D eigenvalue weighted by Crippen LogP contribution is -2.05. The Balaban J connectivity index is 1.62. The van der Waals surface area contributed by atoms with Gasteiger partial charge in [-0.25, -0.2) is 13.2 Å². The lowest BCUT2D eigenvalue weighted by Gasteiger charge is -2.12. The average molecular weight is 505 g/mol. The lowest BCUT2D eigenvalue weighted by atomic mass is 10.0. The minimum Gasteiger partial charge on any atom is -0.491 e. The van der Waals surface area contributed by atoms with Crippen LogP contribution >= 0.6 is 0 Å². The normalized spacial score (nSPS) is 11.6. The molecule has 0 aliphatic heterocycles. The smallest absolute Gasteiger partial charge is 0.201 e. The van der Waals surface area contributed by atoms with E-state index in [1.54, 1.807) is 25.1 Å². The molecule has 0 saturated carbocycles. The van der Waals surface area contributed by atoms with Gasteiger partial charge in [0.25, 0.3) is 0 Å². The summed E-state index contributed by atoms with van der Waals surface area (Å²) in [7, 11) is 0. The Labute approximate surface area is 208 Å². The van der Waals surface area contributed by atoms with E-state index in [1.807, 2.05) is 12.1 Å². The highest BCUT2D eigenvalue weighted by Crippen LogP contribution is 2.31. The van der Waals surface area contributed by atoms with Gasteiger partial charge in [-0.3, -0.25) is 0 Å². The molecule has 0 N–H and O–H groups in total. The van der Waals surface area contributed by atoms with Crippen molar-refractivity contribution in [3.05, 3.63) is 94.8 Å². The highest BCUT2D eigenvalue weighted by molar-refractivity contribution is 5.65. The summed E-state index contributed by atoms with van der Waals surface area (Å²) in [4.78, 5) is 0. The number of allylic oxidation sites excluding steroid dienone is 2. The Hall–Kier alpha value is -3.35. The number of hydrogen-bond acceptors (Lipinski definition) is 2. The van der Waals surface area contributed by atoms with Crippen molar-refractivity contribution in [3.8, 4) is 22.6 Å². The van der Waals surface area contributed by atoms with Crippen LogP contribution in [0.5, 0.6) is 11.5 Å².